The van der Waals surface area contributed by atoms with E-state index in [4.69, 9.17) is 0 Å². The Hall–Kier alpha value is -0.130. The van der Waals surface area contributed by atoms with Gasteiger partial charge in [-0.15, -0.1) is 0 Å². The summed E-state index contributed by atoms with van der Waals surface area (Å²) in [5.74, 6) is 0. The first kappa shape index (κ1) is 13.3. The van der Waals surface area contributed by atoms with Crippen LogP contribution in [0.15, 0.2) is 24.3 Å². The second kappa shape index (κ2) is 6.16. The SMILES string of the molecule is CCN1CCN(Cc2ccc(I)cc2)CC1C. The number of nitrogens with zero attached hydrogens (tertiary/aromatic N) is 2. The summed E-state index contributed by atoms with van der Waals surface area (Å²) in [5.41, 5.74) is 1.43. The van der Waals surface area contributed by atoms with E-state index in [2.05, 4.69) is 70.5 Å². The van der Waals surface area contributed by atoms with E-state index < -0.39 is 0 Å². The second-order valence-corrected chi connectivity index (χ2v) is 6.08. The maximum atomic E-state index is 2.57. The summed E-state index contributed by atoms with van der Waals surface area (Å²) < 4.78 is 1.32. The third-order valence-electron chi connectivity index (χ3n) is 3.57. The summed E-state index contributed by atoms with van der Waals surface area (Å²) in [7, 11) is 0. The van der Waals surface area contributed by atoms with E-state index in [0.717, 1.165) is 6.54 Å². The zero-order valence-corrected chi connectivity index (χ0v) is 12.9. The van der Waals surface area contributed by atoms with Gasteiger partial charge in [0.05, 0.1) is 0 Å². The summed E-state index contributed by atoms with van der Waals surface area (Å²) in [4.78, 5) is 5.13. The van der Waals surface area contributed by atoms with Gasteiger partial charge >= 0.3 is 0 Å². The first-order valence-corrected chi connectivity index (χ1v) is 7.47. The van der Waals surface area contributed by atoms with Crippen molar-refractivity contribution in [3.05, 3.63) is 33.4 Å². The van der Waals surface area contributed by atoms with Crippen LogP contribution in [0, 0.1) is 3.57 Å². The largest absolute Gasteiger partial charge is 0.298 e. The van der Waals surface area contributed by atoms with Crippen molar-refractivity contribution in [2.75, 3.05) is 26.2 Å². The number of piperazine rings is 1. The predicted molar refractivity (Wildman–Crippen MR) is 81.1 cm³/mol. The number of rotatable bonds is 3. The topological polar surface area (TPSA) is 6.48 Å². The Morgan fingerprint density at radius 3 is 2.53 bits per heavy atom. The third kappa shape index (κ3) is 3.66. The van der Waals surface area contributed by atoms with E-state index in [0.29, 0.717) is 6.04 Å². The fraction of sp³-hybridized carbons (Fsp3) is 0.571. The zero-order chi connectivity index (χ0) is 12.3. The lowest BCUT2D eigenvalue weighted by molar-refractivity contribution is 0.0834. The molecule has 17 heavy (non-hydrogen) atoms. The summed E-state index contributed by atoms with van der Waals surface area (Å²) in [6.45, 7) is 10.5. The van der Waals surface area contributed by atoms with Crippen LogP contribution in [-0.4, -0.2) is 42.0 Å². The fourth-order valence-corrected chi connectivity index (χ4v) is 2.89. The summed E-state index contributed by atoms with van der Waals surface area (Å²) in [6.07, 6.45) is 0. The van der Waals surface area contributed by atoms with Gasteiger partial charge in [-0.25, -0.2) is 0 Å². The Bertz CT molecular complexity index is 350. The van der Waals surface area contributed by atoms with Gasteiger partial charge in [0.25, 0.3) is 0 Å². The van der Waals surface area contributed by atoms with E-state index in [-0.39, 0.29) is 0 Å². The molecule has 0 N–H and O–H groups in total. The highest BCUT2D eigenvalue weighted by Crippen LogP contribution is 2.14. The van der Waals surface area contributed by atoms with Crippen LogP contribution in [0.1, 0.15) is 19.4 Å². The van der Waals surface area contributed by atoms with E-state index >= 15 is 0 Å². The molecule has 1 aromatic rings. The second-order valence-electron chi connectivity index (χ2n) is 4.84. The smallest absolute Gasteiger partial charge is 0.0234 e. The molecule has 0 radical (unpaired) electrons. The van der Waals surface area contributed by atoms with Gasteiger partial charge < -0.3 is 0 Å². The van der Waals surface area contributed by atoms with Crippen molar-refractivity contribution < 1.29 is 0 Å². The molecule has 3 heteroatoms. The minimum Gasteiger partial charge on any atom is -0.298 e. The van der Waals surface area contributed by atoms with Crippen molar-refractivity contribution in [3.63, 3.8) is 0 Å². The van der Waals surface area contributed by atoms with Crippen molar-refractivity contribution >= 4 is 22.6 Å². The monoisotopic (exact) mass is 344 g/mol. The molecular weight excluding hydrogens is 323 g/mol. The fourth-order valence-electron chi connectivity index (χ4n) is 2.53. The quantitative estimate of drug-likeness (QED) is 0.778. The van der Waals surface area contributed by atoms with Crippen LogP contribution in [0.2, 0.25) is 0 Å². The van der Waals surface area contributed by atoms with Crippen LogP contribution in [0.4, 0.5) is 0 Å². The van der Waals surface area contributed by atoms with Crippen LogP contribution >= 0.6 is 22.6 Å². The molecule has 1 aliphatic heterocycles. The van der Waals surface area contributed by atoms with Crippen LogP contribution in [-0.2, 0) is 6.54 Å². The highest BCUT2D eigenvalue weighted by molar-refractivity contribution is 14.1. The molecule has 0 spiro atoms. The molecule has 1 atom stereocenters. The van der Waals surface area contributed by atoms with Crippen molar-refractivity contribution in [1.82, 2.24) is 9.80 Å². The van der Waals surface area contributed by atoms with Gasteiger partial charge in [-0.05, 0) is 53.8 Å². The van der Waals surface area contributed by atoms with Crippen molar-refractivity contribution in [2.24, 2.45) is 0 Å². The summed E-state index contributed by atoms with van der Waals surface area (Å²) >= 11 is 2.36. The molecule has 1 saturated heterocycles. The molecular formula is C14H21IN2. The average Bonchev–Trinajstić information content (AvgIpc) is 2.32. The Morgan fingerprint density at radius 2 is 1.94 bits per heavy atom. The van der Waals surface area contributed by atoms with Gasteiger partial charge in [0.15, 0.2) is 0 Å². The molecule has 0 bridgehead atoms. The minimum atomic E-state index is 0.692. The molecule has 0 aliphatic carbocycles. The molecule has 1 aliphatic rings. The Labute approximate surface area is 118 Å². The van der Waals surface area contributed by atoms with Crippen LogP contribution < -0.4 is 0 Å². The normalized spacial score (nSPS) is 22.9. The third-order valence-corrected chi connectivity index (χ3v) is 4.29. The van der Waals surface area contributed by atoms with Crippen LogP contribution in [0.3, 0.4) is 0 Å². The Morgan fingerprint density at radius 1 is 1.24 bits per heavy atom. The first-order chi connectivity index (χ1) is 8.19. The van der Waals surface area contributed by atoms with E-state index in [9.17, 15) is 0 Å². The number of hydrogen-bond donors (Lipinski definition) is 0. The lowest BCUT2D eigenvalue weighted by Crippen LogP contribution is -2.51. The highest BCUT2D eigenvalue weighted by Gasteiger charge is 2.21. The van der Waals surface area contributed by atoms with Gasteiger partial charge in [-0.1, -0.05) is 19.1 Å². The van der Waals surface area contributed by atoms with Gasteiger partial charge in [0.2, 0.25) is 0 Å². The molecule has 94 valence electrons. The predicted octanol–water partition coefficient (Wildman–Crippen LogP) is 2.82. The first-order valence-electron chi connectivity index (χ1n) is 6.40. The molecule has 1 fully saturated rings. The molecule has 1 aromatic carbocycles. The maximum absolute atomic E-state index is 2.57. The maximum Gasteiger partial charge on any atom is 0.0234 e. The molecule has 2 nitrogen and oxygen atoms in total. The molecule has 1 unspecified atom stereocenters. The van der Waals surface area contributed by atoms with Crippen LogP contribution in [0.5, 0.6) is 0 Å². The van der Waals surface area contributed by atoms with Crippen molar-refractivity contribution in [2.45, 2.75) is 26.4 Å². The van der Waals surface area contributed by atoms with E-state index in [1.54, 1.807) is 0 Å². The van der Waals surface area contributed by atoms with Gasteiger partial charge in [0, 0.05) is 35.8 Å². The highest BCUT2D eigenvalue weighted by atomic mass is 127. The van der Waals surface area contributed by atoms with Crippen LogP contribution in [0.25, 0.3) is 0 Å². The Balaban J connectivity index is 1.90. The molecule has 0 amide bonds. The standard InChI is InChI=1S/C14H21IN2/c1-3-17-9-8-16(10-12(17)2)11-13-4-6-14(15)7-5-13/h4-7,12H,3,8-11H2,1-2H3. The molecule has 1 heterocycles. The lowest BCUT2D eigenvalue weighted by atomic mass is 10.1. The average molecular weight is 344 g/mol. The van der Waals surface area contributed by atoms with Gasteiger partial charge in [-0.2, -0.15) is 0 Å². The number of halogens is 1. The molecule has 0 saturated carbocycles. The molecule has 0 aromatic heterocycles. The van der Waals surface area contributed by atoms with E-state index in [1.165, 1.54) is 35.3 Å². The van der Waals surface area contributed by atoms with E-state index in [1.807, 2.05) is 0 Å². The Kier molecular flexibility index (Phi) is 4.82. The lowest BCUT2D eigenvalue weighted by Gasteiger charge is -2.39. The molecule has 2 rings (SSSR count). The van der Waals surface area contributed by atoms with Gasteiger partial charge in [-0.3, -0.25) is 9.80 Å². The number of hydrogen-bond acceptors (Lipinski definition) is 2. The summed E-state index contributed by atoms with van der Waals surface area (Å²) in [6, 6.07) is 9.58. The van der Waals surface area contributed by atoms with Crippen molar-refractivity contribution in [1.29, 1.82) is 0 Å². The summed E-state index contributed by atoms with van der Waals surface area (Å²) in [5, 5.41) is 0. The minimum absolute atomic E-state index is 0.692. The number of likely N-dealkylation sites (N-methyl/N-ethyl adjacent to an activating group) is 1. The van der Waals surface area contributed by atoms with Gasteiger partial charge in [0.1, 0.15) is 0 Å². The zero-order valence-electron chi connectivity index (χ0n) is 10.7. The number of benzene rings is 1. The van der Waals surface area contributed by atoms with Crippen molar-refractivity contribution in [3.8, 4) is 0 Å².